The normalized spacial score (nSPS) is 9.67. The van der Waals surface area contributed by atoms with Crippen molar-refractivity contribution in [3.05, 3.63) is 16.3 Å². The fraction of sp³-hybridized carbons (Fsp3) is 0.429. The van der Waals surface area contributed by atoms with Crippen LogP contribution in [0.15, 0.2) is 6.20 Å². The van der Waals surface area contributed by atoms with Crippen LogP contribution in [0.3, 0.4) is 0 Å². The molecule has 1 rings (SSSR count). The van der Waals surface area contributed by atoms with E-state index in [9.17, 15) is 14.9 Å². The predicted molar refractivity (Wildman–Crippen MR) is 52.4 cm³/mol. The van der Waals surface area contributed by atoms with E-state index < -0.39 is 4.92 Å². The lowest BCUT2D eigenvalue weighted by Gasteiger charge is -2.03. The summed E-state index contributed by atoms with van der Waals surface area (Å²) in [4.78, 5) is 20.9. The average molecular weight is 213 g/mol. The fourth-order valence-electron chi connectivity index (χ4n) is 0.983. The first kappa shape index (κ1) is 11.0. The molecule has 15 heavy (non-hydrogen) atoms. The van der Waals surface area contributed by atoms with Crippen LogP contribution in [0, 0.1) is 10.1 Å². The molecule has 0 fully saturated rings. The maximum atomic E-state index is 11.0. The standard InChI is InChI=1S/C7H11N5O3/c1-2-8-6(13)4-9-5-3-10-11-7(5)12(14)15/h3,9H,2,4H2,1H3,(H,8,13)(H,10,11). The molecule has 1 heterocycles. The molecule has 0 aliphatic heterocycles. The summed E-state index contributed by atoms with van der Waals surface area (Å²) in [6.07, 6.45) is 1.26. The molecular weight excluding hydrogens is 202 g/mol. The number of anilines is 1. The number of nitrogens with zero attached hydrogens (tertiary/aromatic N) is 2. The molecule has 82 valence electrons. The number of hydrogen-bond acceptors (Lipinski definition) is 5. The highest BCUT2D eigenvalue weighted by molar-refractivity contribution is 5.81. The molecule has 1 aromatic rings. The summed E-state index contributed by atoms with van der Waals surface area (Å²) in [5.41, 5.74) is 0.200. The van der Waals surface area contributed by atoms with Crippen LogP contribution in [0.2, 0.25) is 0 Å². The maximum Gasteiger partial charge on any atom is 0.366 e. The van der Waals surface area contributed by atoms with Crippen molar-refractivity contribution in [2.75, 3.05) is 18.4 Å². The number of aromatic amines is 1. The van der Waals surface area contributed by atoms with Crippen LogP contribution in [0.1, 0.15) is 6.92 Å². The van der Waals surface area contributed by atoms with E-state index in [1.165, 1.54) is 6.20 Å². The summed E-state index contributed by atoms with van der Waals surface area (Å²) in [5.74, 6) is -0.479. The molecule has 0 saturated heterocycles. The van der Waals surface area contributed by atoms with Crippen LogP contribution in [-0.4, -0.2) is 34.1 Å². The van der Waals surface area contributed by atoms with Crippen LogP contribution in [-0.2, 0) is 4.79 Å². The number of hydrogen-bond donors (Lipinski definition) is 3. The van der Waals surface area contributed by atoms with Gasteiger partial charge in [0.25, 0.3) is 0 Å². The Labute approximate surface area is 85.2 Å². The molecule has 1 aromatic heterocycles. The number of carbonyl (C=O) groups excluding carboxylic acids is 1. The first-order valence-electron chi connectivity index (χ1n) is 4.33. The van der Waals surface area contributed by atoms with Gasteiger partial charge < -0.3 is 20.7 Å². The Morgan fingerprint density at radius 3 is 3.07 bits per heavy atom. The summed E-state index contributed by atoms with van der Waals surface area (Å²) < 4.78 is 0. The zero-order valence-electron chi connectivity index (χ0n) is 8.11. The van der Waals surface area contributed by atoms with Crippen molar-refractivity contribution < 1.29 is 9.72 Å². The first-order valence-corrected chi connectivity index (χ1v) is 4.33. The third-order valence-corrected chi connectivity index (χ3v) is 1.62. The van der Waals surface area contributed by atoms with Crippen molar-refractivity contribution >= 4 is 17.4 Å². The Morgan fingerprint density at radius 2 is 2.47 bits per heavy atom. The quantitative estimate of drug-likeness (QED) is 0.465. The second kappa shape index (κ2) is 4.94. The maximum absolute atomic E-state index is 11.0. The van der Waals surface area contributed by atoms with E-state index in [0.29, 0.717) is 6.54 Å². The molecule has 0 saturated carbocycles. The van der Waals surface area contributed by atoms with Gasteiger partial charge in [0, 0.05) is 6.54 Å². The number of carbonyl (C=O) groups is 1. The molecule has 0 aliphatic carbocycles. The smallest absolute Gasteiger partial charge is 0.366 e. The second-order valence-electron chi connectivity index (χ2n) is 2.70. The van der Waals surface area contributed by atoms with Crippen LogP contribution < -0.4 is 10.6 Å². The number of nitrogens with one attached hydrogen (secondary N) is 3. The van der Waals surface area contributed by atoms with Crippen LogP contribution in [0.25, 0.3) is 0 Å². The minimum atomic E-state index is -0.604. The van der Waals surface area contributed by atoms with Gasteiger partial charge in [-0.15, -0.1) is 5.10 Å². The van der Waals surface area contributed by atoms with Gasteiger partial charge in [-0.05, 0) is 11.8 Å². The number of nitro groups is 1. The van der Waals surface area contributed by atoms with Gasteiger partial charge in [-0.25, -0.2) is 0 Å². The number of H-pyrrole nitrogens is 1. The highest BCUT2D eigenvalue weighted by Crippen LogP contribution is 2.18. The van der Waals surface area contributed by atoms with Gasteiger partial charge in [0.2, 0.25) is 5.91 Å². The van der Waals surface area contributed by atoms with E-state index in [1.807, 2.05) is 0 Å². The van der Waals surface area contributed by atoms with Gasteiger partial charge in [-0.1, -0.05) is 5.10 Å². The SMILES string of the molecule is CCNC(=O)CNc1cn[nH]c1[N+](=O)[O-]. The number of likely N-dealkylation sites (N-methyl/N-ethyl adjacent to an activating group) is 1. The van der Waals surface area contributed by atoms with Gasteiger partial charge in [0.1, 0.15) is 6.20 Å². The van der Waals surface area contributed by atoms with Crippen LogP contribution >= 0.6 is 0 Å². The Balaban J connectivity index is 2.54. The second-order valence-corrected chi connectivity index (χ2v) is 2.70. The lowest BCUT2D eigenvalue weighted by Crippen LogP contribution is -2.29. The first-order chi connectivity index (χ1) is 7.15. The minimum Gasteiger partial charge on any atom is -0.368 e. The lowest BCUT2D eigenvalue weighted by molar-refractivity contribution is -0.388. The Morgan fingerprint density at radius 1 is 1.73 bits per heavy atom. The van der Waals surface area contributed by atoms with E-state index in [0.717, 1.165) is 0 Å². The zero-order chi connectivity index (χ0) is 11.3. The molecule has 0 bridgehead atoms. The van der Waals surface area contributed by atoms with Crippen LogP contribution in [0.5, 0.6) is 0 Å². The van der Waals surface area contributed by atoms with E-state index >= 15 is 0 Å². The van der Waals surface area contributed by atoms with Gasteiger partial charge in [-0.3, -0.25) is 4.79 Å². The molecule has 8 nitrogen and oxygen atoms in total. The van der Waals surface area contributed by atoms with Gasteiger partial charge in [-0.2, -0.15) is 0 Å². The van der Waals surface area contributed by atoms with Crippen molar-refractivity contribution in [3.8, 4) is 0 Å². The summed E-state index contributed by atoms with van der Waals surface area (Å²) >= 11 is 0. The molecule has 0 aromatic carbocycles. The molecule has 0 aliphatic rings. The summed E-state index contributed by atoms with van der Waals surface area (Å²) in [6.45, 7) is 2.29. The third-order valence-electron chi connectivity index (χ3n) is 1.62. The third kappa shape index (κ3) is 2.93. The van der Waals surface area contributed by atoms with Crippen molar-refractivity contribution in [2.45, 2.75) is 6.92 Å². The summed E-state index contributed by atoms with van der Waals surface area (Å²) in [7, 11) is 0. The molecule has 3 N–H and O–H groups in total. The monoisotopic (exact) mass is 213 g/mol. The largest absolute Gasteiger partial charge is 0.368 e. The number of aromatic nitrogens is 2. The molecule has 0 spiro atoms. The van der Waals surface area contributed by atoms with E-state index in [2.05, 4.69) is 20.8 Å². The fourth-order valence-corrected chi connectivity index (χ4v) is 0.983. The van der Waals surface area contributed by atoms with Crippen molar-refractivity contribution in [1.29, 1.82) is 0 Å². The zero-order valence-corrected chi connectivity index (χ0v) is 8.11. The highest BCUT2D eigenvalue weighted by atomic mass is 16.6. The molecular formula is C7H11N5O3. The summed E-state index contributed by atoms with van der Waals surface area (Å²) in [5, 5.41) is 21.3. The Kier molecular flexibility index (Phi) is 3.61. The molecule has 0 unspecified atom stereocenters. The molecule has 1 amide bonds. The van der Waals surface area contributed by atoms with Crippen molar-refractivity contribution in [2.24, 2.45) is 0 Å². The van der Waals surface area contributed by atoms with Crippen molar-refractivity contribution in [1.82, 2.24) is 15.5 Å². The van der Waals surface area contributed by atoms with Gasteiger partial charge in [0.15, 0.2) is 5.69 Å². The Bertz CT molecular complexity index is 361. The number of rotatable bonds is 5. The lowest BCUT2D eigenvalue weighted by atomic mass is 10.4. The van der Waals surface area contributed by atoms with Gasteiger partial charge >= 0.3 is 5.82 Å². The molecule has 8 heteroatoms. The van der Waals surface area contributed by atoms with Crippen LogP contribution in [0.4, 0.5) is 11.5 Å². The summed E-state index contributed by atoms with van der Waals surface area (Å²) in [6, 6.07) is 0. The molecule has 0 radical (unpaired) electrons. The Hall–Kier alpha value is -2.12. The minimum absolute atomic E-state index is 0.0196. The van der Waals surface area contributed by atoms with Crippen molar-refractivity contribution in [3.63, 3.8) is 0 Å². The van der Waals surface area contributed by atoms with E-state index in [1.54, 1.807) is 6.92 Å². The van der Waals surface area contributed by atoms with Gasteiger partial charge in [0.05, 0.1) is 6.54 Å². The van der Waals surface area contributed by atoms with E-state index in [-0.39, 0.29) is 24.0 Å². The number of amides is 1. The predicted octanol–water partition coefficient (Wildman–Crippen LogP) is -0.134. The topological polar surface area (TPSA) is 113 Å². The van der Waals surface area contributed by atoms with E-state index in [4.69, 9.17) is 0 Å². The molecule has 0 atom stereocenters. The average Bonchev–Trinajstić information content (AvgIpc) is 2.63. The highest BCUT2D eigenvalue weighted by Gasteiger charge is 2.14.